The Bertz CT molecular complexity index is 475. The summed E-state index contributed by atoms with van der Waals surface area (Å²) in [6.07, 6.45) is 2.27. The first-order valence-electron chi connectivity index (χ1n) is 7.17. The lowest BCUT2D eigenvalue weighted by molar-refractivity contribution is -0.144. The largest absolute Gasteiger partial charge is 0.372 e. The van der Waals surface area contributed by atoms with Gasteiger partial charge in [0.25, 0.3) is 0 Å². The van der Waals surface area contributed by atoms with Gasteiger partial charge in [-0.25, -0.2) is 0 Å². The maximum Gasteiger partial charge on any atom is 0.230 e. The second-order valence-corrected chi connectivity index (χ2v) is 5.79. The molecule has 0 saturated carbocycles. The molecule has 1 amide bonds. The molecule has 0 aromatic heterocycles. The Morgan fingerprint density at radius 3 is 2.63 bits per heavy atom. The van der Waals surface area contributed by atoms with Gasteiger partial charge in [-0.15, -0.1) is 0 Å². The summed E-state index contributed by atoms with van der Waals surface area (Å²) in [5.74, 6) is 0.348. The predicted molar refractivity (Wildman–Crippen MR) is 74.1 cm³/mol. The molecule has 1 heterocycles. The summed E-state index contributed by atoms with van der Waals surface area (Å²) in [4.78, 5) is 14.7. The molecule has 1 aromatic carbocycles. The van der Waals surface area contributed by atoms with Crippen molar-refractivity contribution in [2.24, 2.45) is 0 Å². The second kappa shape index (κ2) is 4.97. The molecule has 3 rings (SSSR count). The SMILES string of the molecule is C[C@@H]1CN(C(=O)[C@@H]2CCc3ccccc32)C[C@H](C)O1. The Balaban J connectivity index is 1.78. The summed E-state index contributed by atoms with van der Waals surface area (Å²) in [6.45, 7) is 5.53. The molecule has 3 heteroatoms. The van der Waals surface area contributed by atoms with E-state index >= 15 is 0 Å². The van der Waals surface area contributed by atoms with E-state index in [0.29, 0.717) is 0 Å². The Morgan fingerprint density at radius 2 is 1.89 bits per heavy atom. The molecule has 0 spiro atoms. The van der Waals surface area contributed by atoms with E-state index in [0.717, 1.165) is 25.9 Å². The van der Waals surface area contributed by atoms with Crippen LogP contribution in [0.25, 0.3) is 0 Å². The number of amides is 1. The first-order chi connectivity index (χ1) is 9.15. The highest BCUT2D eigenvalue weighted by atomic mass is 16.5. The van der Waals surface area contributed by atoms with Crippen LogP contribution in [0, 0.1) is 0 Å². The van der Waals surface area contributed by atoms with Crippen LogP contribution in [0.5, 0.6) is 0 Å². The minimum atomic E-state index is 0.0636. The Kier molecular flexibility index (Phi) is 3.31. The molecular formula is C16H21NO2. The predicted octanol–water partition coefficient (Wildman–Crippen LogP) is 2.35. The highest BCUT2D eigenvalue weighted by molar-refractivity contribution is 5.85. The van der Waals surface area contributed by atoms with Crippen LogP contribution in [-0.4, -0.2) is 36.1 Å². The second-order valence-electron chi connectivity index (χ2n) is 5.79. The van der Waals surface area contributed by atoms with Gasteiger partial charge in [0.05, 0.1) is 18.1 Å². The zero-order chi connectivity index (χ0) is 13.4. The third kappa shape index (κ3) is 2.39. The van der Waals surface area contributed by atoms with E-state index in [-0.39, 0.29) is 24.0 Å². The van der Waals surface area contributed by atoms with Gasteiger partial charge in [-0.1, -0.05) is 24.3 Å². The maximum atomic E-state index is 12.7. The van der Waals surface area contributed by atoms with Gasteiger partial charge in [-0.05, 0) is 37.8 Å². The molecule has 1 fully saturated rings. The minimum Gasteiger partial charge on any atom is -0.372 e. The molecule has 19 heavy (non-hydrogen) atoms. The number of hydrogen-bond donors (Lipinski definition) is 0. The molecule has 3 nitrogen and oxygen atoms in total. The van der Waals surface area contributed by atoms with Crippen molar-refractivity contribution >= 4 is 5.91 Å². The summed E-state index contributed by atoms with van der Waals surface area (Å²) in [7, 11) is 0. The number of fused-ring (bicyclic) bond motifs is 1. The molecule has 1 saturated heterocycles. The molecular weight excluding hydrogens is 238 g/mol. The number of morpholine rings is 1. The molecule has 1 aromatic rings. The van der Waals surface area contributed by atoms with Crippen LogP contribution in [0.4, 0.5) is 0 Å². The molecule has 0 unspecified atom stereocenters. The van der Waals surface area contributed by atoms with Crippen LogP contribution in [-0.2, 0) is 16.0 Å². The van der Waals surface area contributed by atoms with Gasteiger partial charge in [0, 0.05) is 13.1 Å². The molecule has 0 N–H and O–H groups in total. The summed E-state index contributed by atoms with van der Waals surface area (Å²) in [5.41, 5.74) is 2.58. The van der Waals surface area contributed by atoms with E-state index in [9.17, 15) is 4.79 Å². The van der Waals surface area contributed by atoms with Gasteiger partial charge < -0.3 is 9.64 Å². The van der Waals surface area contributed by atoms with E-state index in [1.165, 1.54) is 11.1 Å². The monoisotopic (exact) mass is 259 g/mol. The quantitative estimate of drug-likeness (QED) is 0.775. The van der Waals surface area contributed by atoms with Crippen LogP contribution in [0.1, 0.15) is 37.3 Å². The number of carbonyl (C=O) groups is 1. The van der Waals surface area contributed by atoms with Crippen molar-refractivity contribution < 1.29 is 9.53 Å². The average molecular weight is 259 g/mol. The minimum absolute atomic E-state index is 0.0636. The van der Waals surface area contributed by atoms with E-state index in [4.69, 9.17) is 4.74 Å². The third-order valence-electron chi connectivity index (χ3n) is 4.16. The topological polar surface area (TPSA) is 29.5 Å². The number of nitrogens with zero attached hydrogens (tertiary/aromatic N) is 1. The number of hydrogen-bond acceptors (Lipinski definition) is 2. The highest BCUT2D eigenvalue weighted by Gasteiger charge is 2.34. The van der Waals surface area contributed by atoms with Crippen LogP contribution in [0.2, 0.25) is 0 Å². The van der Waals surface area contributed by atoms with E-state index < -0.39 is 0 Å². The standard InChI is InChI=1S/C16H21NO2/c1-11-9-17(10-12(2)19-11)16(18)15-8-7-13-5-3-4-6-14(13)15/h3-6,11-12,15H,7-10H2,1-2H3/t11-,12+,15-/m1/s1. The zero-order valence-corrected chi connectivity index (χ0v) is 11.6. The van der Waals surface area contributed by atoms with Crippen LogP contribution < -0.4 is 0 Å². The molecule has 102 valence electrons. The smallest absolute Gasteiger partial charge is 0.230 e. The van der Waals surface area contributed by atoms with Crippen molar-refractivity contribution in [3.05, 3.63) is 35.4 Å². The molecule has 0 bridgehead atoms. The highest BCUT2D eigenvalue weighted by Crippen LogP contribution is 2.34. The normalized spacial score (nSPS) is 30.2. The van der Waals surface area contributed by atoms with E-state index in [1.807, 2.05) is 24.8 Å². The molecule has 1 aliphatic carbocycles. The van der Waals surface area contributed by atoms with Gasteiger partial charge in [0.15, 0.2) is 0 Å². The summed E-state index contributed by atoms with van der Waals surface area (Å²) in [5, 5.41) is 0. The number of ether oxygens (including phenoxy) is 1. The Hall–Kier alpha value is -1.35. The fourth-order valence-electron chi connectivity index (χ4n) is 3.39. The molecule has 2 aliphatic rings. The van der Waals surface area contributed by atoms with Crippen molar-refractivity contribution in [3.63, 3.8) is 0 Å². The fourth-order valence-corrected chi connectivity index (χ4v) is 3.39. The van der Waals surface area contributed by atoms with Crippen LogP contribution in [0.15, 0.2) is 24.3 Å². The summed E-state index contributed by atoms with van der Waals surface area (Å²) in [6, 6.07) is 8.35. The Morgan fingerprint density at radius 1 is 1.21 bits per heavy atom. The van der Waals surface area contributed by atoms with E-state index in [1.54, 1.807) is 0 Å². The molecule has 1 aliphatic heterocycles. The van der Waals surface area contributed by atoms with Crippen molar-refractivity contribution in [3.8, 4) is 0 Å². The van der Waals surface area contributed by atoms with Gasteiger partial charge in [-0.2, -0.15) is 0 Å². The van der Waals surface area contributed by atoms with Gasteiger partial charge in [0.1, 0.15) is 0 Å². The summed E-state index contributed by atoms with van der Waals surface area (Å²) >= 11 is 0. The number of aryl methyl sites for hydroxylation is 1. The van der Waals surface area contributed by atoms with Crippen LogP contribution >= 0.6 is 0 Å². The van der Waals surface area contributed by atoms with Gasteiger partial charge in [-0.3, -0.25) is 4.79 Å². The lowest BCUT2D eigenvalue weighted by Gasteiger charge is -2.36. The zero-order valence-electron chi connectivity index (χ0n) is 11.6. The Labute approximate surface area is 114 Å². The van der Waals surface area contributed by atoms with Crippen LogP contribution in [0.3, 0.4) is 0 Å². The average Bonchev–Trinajstić information content (AvgIpc) is 2.80. The lowest BCUT2D eigenvalue weighted by atomic mass is 9.99. The molecule has 0 radical (unpaired) electrons. The maximum absolute atomic E-state index is 12.7. The fraction of sp³-hybridized carbons (Fsp3) is 0.562. The third-order valence-corrected chi connectivity index (χ3v) is 4.16. The number of carbonyl (C=O) groups excluding carboxylic acids is 1. The van der Waals surface area contributed by atoms with Crippen molar-refractivity contribution in [2.45, 2.75) is 44.8 Å². The molecule has 3 atom stereocenters. The number of benzene rings is 1. The van der Waals surface area contributed by atoms with Crippen molar-refractivity contribution in [2.75, 3.05) is 13.1 Å². The van der Waals surface area contributed by atoms with Gasteiger partial charge in [0.2, 0.25) is 5.91 Å². The lowest BCUT2D eigenvalue weighted by Crippen LogP contribution is -2.49. The van der Waals surface area contributed by atoms with Crippen molar-refractivity contribution in [1.29, 1.82) is 0 Å². The van der Waals surface area contributed by atoms with Crippen molar-refractivity contribution in [1.82, 2.24) is 4.90 Å². The first kappa shape index (κ1) is 12.7. The number of rotatable bonds is 1. The first-order valence-corrected chi connectivity index (χ1v) is 7.17. The van der Waals surface area contributed by atoms with E-state index in [2.05, 4.69) is 18.2 Å². The van der Waals surface area contributed by atoms with Gasteiger partial charge >= 0.3 is 0 Å². The summed E-state index contributed by atoms with van der Waals surface area (Å²) < 4.78 is 5.70.